The Morgan fingerprint density at radius 3 is 2.72 bits per heavy atom. The minimum Gasteiger partial charge on any atom is -0.351 e. The molecule has 2 amide bonds. The number of anilines is 1. The molecule has 0 radical (unpaired) electrons. The predicted molar refractivity (Wildman–Crippen MR) is 100 cm³/mol. The van der Waals surface area contributed by atoms with Gasteiger partial charge in [0.1, 0.15) is 0 Å². The molecular formula is C20H20N2O2S. The highest BCUT2D eigenvalue weighted by atomic mass is 32.2. The van der Waals surface area contributed by atoms with Crippen molar-refractivity contribution in [2.75, 3.05) is 11.9 Å². The van der Waals surface area contributed by atoms with E-state index in [2.05, 4.69) is 22.8 Å². The molecule has 1 fully saturated rings. The number of carbonyl (C=O) groups is 2. The van der Waals surface area contributed by atoms with Gasteiger partial charge in [-0.25, -0.2) is 0 Å². The van der Waals surface area contributed by atoms with Gasteiger partial charge in [0.25, 0.3) is 5.91 Å². The van der Waals surface area contributed by atoms with Gasteiger partial charge in [-0.15, -0.1) is 11.8 Å². The predicted octanol–water partition coefficient (Wildman–Crippen LogP) is 3.58. The Morgan fingerprint density at radius 2 is 2.00 bits per heavy atom. The molecule has 1 aliphatic carbocycles. The van der Waals surface area contributed by atoms with Crippen molar-refractivity contribution in [3.63, 3.8) is 0 Å². The third-order valence-corrected chi connectivity index (χ3v) is 6.18. The molecule has 128 valence electrons. The van der Waals surface area contributed by atoms with Crippen LogP contribution in [-0.2, 0) is 10.2 Å². The summed E-state index contributed by atoms with van der Waals surface area (Å²) < 4.78 is 0. The molecule has 2 aliphatic rings. The summed E-state index contributed by atoms with van der Waals surface area (Å²) in [6.45, 7) is 2.52. The maximum atomic E-state index is 12.6. The van der Waals surface area contributed by atoms with Crippen molar-refractivity contribution in [3.05, 3.63) is 59.7 Å². The number of carbonyl (C=O) groups excluding carboxylic acids is 2. The summed E-state index contributed by atoms with van der Waals surface area (Å²) in [5.41, 5.74) is 2.69. The van der Waals surface area contributed by atoms with Crippen molar-refractivity contribution in [2.24, 2.45) is 0 Å². The lowest BCUT2D eigenvalue weighted by atomic mass is 9.96. The van der Waals surface area contributed by atoms with E-state index in [-0.39, 0.29) is 22.5 Å². The van der Waals surface area contributed by atoms with E-state index in [1.165, 1.54) is 17.3 Å². The topological polar surface area (TPSA) is 58.2 Å². The highest BCUT2D eigenvalue weighted by Gasteiger charge is 2.44. The van der Waals surface area contributed by atoms with E-state index in [1.807, 2.05) is 37.3 Å². The van der Waals surface area contributed by atoms with Crippen molar-refractivity contribution in [2.45, 2.75) is 35.3 Å². The second-order valence-electron chi connectivity index (χ2n) is 6.79. The zero-order valence-electron chi connectivity index (χ0n) is 14.0. The van der Waals surface area contributed by atoms with Crippen LogP contribution in [0.2, 0.25) is 0 Å². The minimum absolute atomic E-state index is 0.0175. The maximum absolute atomic E-state index is 12.6. The van der Waals surface area contributed by atoms with Crippen molar-refractivity contribution in [1.82, 2.24) is 5.32 Å². The van der Waals surface area contributed by atoms with E-state index in [9.17, 15) is 9.59 Å². The standard InChI is InChI=1S/C20H20N2O2S/c1-13-18(23)22-16-11-14(7-8-17(16)25-13)19(24)21-12-20(9-10-20)15-5-3-2-4-6-15/h2-8,11,13H,9-10,12H2,1H3,(H,21,24)(H,22,23)/t13-/m1/s1. The smallest absolute Gasteiger partial charge is 0.251 e. The Morgan fingerprint density at radius 1 is 1.24 bits per heavy atom. The summed E-state index contributed by atoms with van der Waals surface area (Å²) in [7, 11) is 0. The fraction of sp³-hybridized carbons (Fsp3) is 0.300. The quantitative estimate of drug-likeness (QED) is 0.884. The molecule has 1 aliphatic heterocycles. The molecule has 5 heteroatoms. The van der Waals surface area contributed by atoms with Gasteiger partial charge in [0.05, 0.1) is 10.9 Å². The van der Waals surface area contributed by atoms with Crippen molar-refractivity contribution in [3.8, 4) is 0 Å². The van der Waals surface area contributed by atoms with Crippen LogP contribution in [-0.4, -0.2) is 23.6 Å². The number of amides is 2. The van der Waals surface area contributed by atoms with Gasteiger partial charge in [0, 0.05) is 22.4 Å². The average Bonchev–Trinajstić information content (AvgIpc) is 3.42. The van der Waals surface area contributed by atoms with Crippen LogP contribution in [0.25, 0.3) is 0 Å². The molecule has 2 aromatic rings. The first-order valence-corrected chi connectivity index (χ1v) is 9.41. The molecule has 0 unspecified atom stereocenters. The third kappa shape index (κ3) is 3.16. The van der Waals surface area contributed by atoms with Crippen LogP contribution in [0.15, 0.2) is 53.4 Å². The molecule has 0 aromatic heterocycles. The Hall–Kier alpha value is -2.27. The van der Waals surface area contributed by atoms with E-state index in [4.69, 9.17) is 0 Å². The molecule has 2 aromatic carbocycles. The van der Waals surface area contributed by atoms with Crippen LogP contribution < -0.4 is 10.6 Å². The highest BCUT2D eigenvalue weighted by Crippen LogP contribution is 2.47. The lowest BCUT2D eigenvalue weighted by Gasteiger charge is -2.22. The average molecular weight is 352 g/mol. The number of thioether (sulfide) groups is 1. The van der Waals surface area contributed by atoms with Gasteiger partial charge in [-0.2, -0.15) is 0 Å². The van der Waals surface area contributed by atoms with Gasteiger partial charge in [-0.3, -0.25) is 9.59 Å². The second kappa shape index (κ2) is 6.23. The van der Waals surface area contributed by atoms with Gasteiger partial charge in [-0.1, -0.05) is 30.3 Å². The first-order chi connectivity index (χ1) is 12.1. The number of nitrogens with one attached hydrogen (secondary N) is 2. The zero-order valence-corrected chi connectivity index (χ0v) is 14.9. The Bertz CT molecular complexity index is 831. The fourth-order valence-electron chi connectivity index (χ4n) is 3.21. The first kappa shape index (κ1) is 16.2. The summed E-state index contributed by atoms with van der Waals surface area (Å²) in [6.07, 6.45) is 2.21. The fourth-order valence-corrected chi connectivity index (χ4v) is 4.14. The Labute approximate surface area is 151 Å². The maximum Gasteiger partial charge on any atom is 0.251 e. The van der Waals surface area contributed by atoms with Crippen LogP contribution in [0.4, 0.5) is 5.69 Å². The lowest BCUT2D eigenvalue weighted by molar-refractivity contribution is -0.115. The minimum atomic E-state index is -0.104. The van der Waals surface area contributed by atoms with Gasteiger partial charge < -0.3 is 10.6 Å². The monoisotopic (exact) mass is 352 g/mol. The molecular weight excluding hydrogens is 332 g/mol. The molecule has 0 spiro atoms. The molecule has 25 heavy (non-hydrogen) atoms. The summed E-state index contributed by atoms with van der Waals surface area (Å²) in [6, 6.07) is 15.9. The van der Waals surface area contributed by atoms with Crippen LogP contribution in [0, 0.1) is 0 Å². The summed E-state index contributed by atoms with van der Waals surface area (Å²) >= 11 is 1.52. The highest BCUT2D eigenvalue weighted by molar-refractivity contribution is 8.00. The van der Waals surface area contributed by atoms with E-state index in [0.29, 0.717) is 12.1 Å². The Kier molecular flexibility index (Phi) is 4.04. The first-order valence-electron chi connectivity index (χ1n) is 8.53. The largest absolute Gasteiger partial charge is 0.351 e. The second-order valence-corrected chi connectivity index (χ2v) is 8.17. The molecule has 2 N–H and O–H groups in total. The molecule has 4 rings (SSSR count). The van der Waals surface area contributed by atoms with Gasteiger partial charge in [0.15, 0.2) is 0 Å². The van der Waals surface area contributed by atoms with Gasteiger partial charge in [-0.05, 0) is 43.5 Å². The summed E-state index contributed by atoms with van der Waals surface area (Å²) in [5, 5.41) is 5.84. The Balaban J connectivity index is 1.46. The normalized spacial score (nSPS) is 20.4. The molecule has 1 heterocycles. The van der Waals surface area contributed by atoms with Crippen molar-refractivity contribution < 1.29 is 9.59 Å². The van der Waals surface area contributed by atoms with Crippen LogP contribution in [0.3, 0.4) is 0 Å². The number of fused-ring (bicyclic) bond motifs is 1. The van der Waals surface area contributed by atoms with Gasteiger partial charge >= 0.3 is 0 Å². The van der Waals surface area contributed by atoms with Crippen LogP contribution in [0.1, 0.15) is 35.7 Å². The van der Waals surface area contributed by atoms with Crippen molar-refractivity contribution >= 4 is 29.3 Å². The van der Waals surface area contributed by atoms with Crippen LogP contribution in [0.5, 0.6) is 0 Å². The van der Waals surface area contributed by atoms with Crippen LogP contribution >= 0.6 is 11.8 Å². The van der Waals surface area contributed by atoms with E-state index in [1.54, 1.807) is 6.07 Å². The molecule has 1 atom stereocenters. The number of hydrogen-bond acceptors (Lipinski definition) is 3. The third-order valence-electron chi connectivity index (χ3n) is 5.00. The number of benzene rings is 2. The summed E-state index contributed by atoms with van der Waals surface area (Å²) in [4.78, 5) is 25.4. The molecule has 4 nitrogen and oxygen atoms in total. The summed E-state index contributed by atoms with van der Waals surface area (Å²) in [5.74, 6) is -0.112. The van der Waals surface area contributed by atoms with Gasteiger partial charge in [0.2, 0.25) is 5.91 Å². The lowest BCUT2D eigenvalue weighted by Crippen LogP contribution is -2.32. The molecule has 1 saturated carbocycles. The van der Waals surface area contributed by atoms with E-state index < -0.39 is 0 Å². The SMILES string of the molecule is C[C@H]1Sc2ccc(C(=O)NCC3(c4ccccc4)CC3)cc2NC1=O. The van der Waals surface area contributed by atoms with Crippen molar-refractivity contribution in [1.29, 1.82) is 0 Å². The number of hydrogen-bond donors (Lipinski definition) is 2. The zero-order chi connectivity index (χ0) is 17.4. The number of rotatable bonds is 4. The van der Waals surface area contributed by atoms with E-state index in [0.717, 1.165) is 23.4 Å². The van der Waals surface area contributed by atoms with E-state index >= 15 is 0 Å². The molecule has 0 saturated heterocycles. The molecule has 0 bridgehead atoms.